The number of nitrogens with one attached hydrogen (secondary N) is 1. The van der Waals surface area contributed by atoms with Gasteiger partial charge in [-0.2, -0.15) is 10.2 Å². The number of pyridine rings is 1. The molecule has 11 heteroatoms. The molecular weight excluding hydrogens is 524 g/mol. The van der Waals surface area contributed by atoms with Crippen LogP contribution in [0.25, 0.3) is 37.4 Å². The molecule has 0 bridgehead atoms. The van der Waals surface area contributed by atoms with Gasteiger partial charge in [0.25, 0.3) is 11.8 Å². The summed E-state index contributed by atoms with van der Waals surface area (Å²) in [6.45, 7) is 8.83. The normalized spacial score (nSPS) is 15.3. The second-order valence-corrected chi connectivity index (χ2v) is 11.9. The molecule has 0 saturated carbocycles. The number of carbonyl (C=O) groups is 2. The fourth-order valence-electron chi connectivity index (χ4n) is 5.68. The maximum Gasteiger partial charge on any atom is 0.253 e. The van der Waals surface area contributed by atoms with Crippen LogP contribution in [0.5, 0.6) is 0 Å². The van der Waals surface area contributed by atoms with Crippen molar-refractivity contribution in [3.63, 3.8) is 0 Å². The Hall–Kier alpha value is -4.09. The van der Waals surface area contributed by atoms with Crippen LogP contribution in [0, 0.1) is 6.92 Å². The predicted molar refractivity (Wildman–Crippen MR) is 156 cm³/mol. The van der Waals surface area contributed by atoms with Gasteiger partial charge >= 0.3 is 0 Å². The van der Waals surface area contributed by atoms with Crippen LogP contribution in [-0.2, 0) is 7.05 Å². The van der Waals surface area contributed by atoms with Crippen molar-refractivity contribution >= 4 is 38.9 Å². The molecule has 6 rings (SSSR count). The fraction of sp³-hybridized carbons (Fsp3) is 0.345. The molecule has 0 spiro atoms. The number of hydrogen-bond acceptors (Lipinski definition) is 7. The maximum absolute atomic E-state index is 13.2. The van der Waals surface area contributed by atoms with Crippen LogP contribution in [0.15, 0.2) is 42.9 Å². The van der Waals surface area contributed by atoms with Gasteiger partial charge in [-0.25, -0.2) is 4.52 Å². The number of aromatic nitrogens is 5. The highest BCUT2D eigenvalue weighted by atomic mass is 32.1. The molecule has 1 aliphatic rings. The van der Waals surface area contributed by atoms with Gasteiger partial charge in [0, 0.05) is 54.1 Å². The largest absolute Gasteiger partial charge is 0.365 e. The molecule has 0 radical (unpaired) electrons. The molecule has 4 aromatic heterocycles. The molecule has 0 unspecified atom stereocenters. The first-order chi connectivity index (χ1) is 19.2. The standard InChI is InChI=1S/C29H32N8O2S/c1-17-20(13-18(14-32-17)27(39)31-10-12-36-11-6-9-29(36,2)3)24-25(40-28-22(26(30)38)16-34-37(24)28)19-7-5-8-23-21(19)15-33-35(23)4/h5,7-8,13-16H,6,9-12H2,1-4H3,(H2,30,38)(H,31,39). The number of aryl methyl sites for hydroxylation is 2. The Balaban J connectivity index is 1.42. The Morgan fingerprint density at radius 1 is 1.15 bits per heavy atom. The molecule has 1 aromatic carbocycles. The first-order valence-electron chi connectivity index (χ1n) is 13.4. The Labute approximate surface area is 235 Å². The summed E-state index contributed by atoms with van der Waals surface area (Å²) in [5.74, 6) is -0.718. The third kappa shape index (κ3) is 4.35. The highest BCUT2D eigenvalue weighted by Gasteiger charge is 2.31. The number of benzene rings is 1. The summed E-state index contributed by atoms with van der Waals surface area (Å²) >= 11 is 1.44. The molecule has 1 saturated heterocycles. The topological polar surface area (TPSA) is 123 Å². The number of nitrogens with two attached hydrogens (primary N) is 1. The lowest BCUT2D eigenvalue weighted by Crippen LogP contribution is -2.43. The van der Waals surface area contributed by atoms with Crippen molar-refractivity contribution < 1.29 is 9.59 Å². The molecule has 3 N–H and O–H groups in total. The van der Waals surface area contributed by atoms with Crippen molar-refractivity contribution in [1.29, 1.82) is 0 Å². The third-order valence-corrected chi connectivity index (χ3v) is 9.20. The average Bonchev–Trinajstić information content (AvgIpc) is 3.67. The van der Waals surface area contributed by atoms with Crippen LogP contribution in [0.1, 0.15) is 53.1 Å². The Kier molecular flexibility index (Phi) is 6.42. The van der Waals surface area contributed by atoms with Gasteiger partial charge in [-0.15, -0.1) is 11.3 Å². The van der Waals surface area contributed by atoms with Gasteiger partial charge in [0.05, 0.1) is 39.6 Å². The van der Waals surface area contributed by atoms with Gasteiger partial charge in [0.15, 0.2) is 0 Å². The van der Waals surface area contributed by atoms with Crippen molar-refractivity contribution in [2.45, 2.75) is 39.2 Å². The summed E-state index contributed by atoms with van der Waals surface area (Å²) in [5, 5.41) is 13.0. The maximum atomic E-state index is 13.2. The fourth-order valence-corrected chi connectivity index (χ4v) is 6.94. The summed E-state index contributed by atoms with van der Waals surface area (Å²) in [7, 11) is 1.90. The van der Waals surface area contributed by atoms with Crippen molar-refractivity contribution in [2.24, 2.45) is 12.8 Å². The first-order valence-corrected chi connectivity index (χ1v) is 14.2. The van der Waals surface area contributed by atoms with Crippen molar-refractivity contribution in [2.75, 3.05) is 19.6 Å². The summed E-state index contributed by atoms with van der Waals surface area (Å²) in [6.07, 6.45) is 7.29. The molecule has 1 fully saturated rings. The molecule has 10 nitrogen and oxygen atoms in total. The van der Waals surface area contributed by atoms with Crippen molar-refractivity contribution in [3.8, 4) is 21.7 Å². The van der Waals surface area contributed by atoms with Crippen LogP contribution < -0.4 is 11.1 Å². The van der Waals surface area contributed by atoms with Crippen LogP contribution in [0.4, 0.5) is 0 Å². The number of thiazole rings is 1. The number of likely N-dealkylation sites (tertiary alicyclic amines) is 1. The van der Waals surface area contributed by atoms with Gasteiger partial charge in [0.2, 0.25) is 0 Å². The lowest BCUT2D eigenvalue weighted by molar-refractivity contribution is 0.0939. The van der Waals surface area contributed by atoms with Gasteiger partial charge in [-0.1, -0.05) is 12.1 Å². The minimum atomic E-state index is -0.543. The van der Waals surface area contributed by atoms with Crippen LogP contribution in [-0.4, -0.2) is 66.3 Å². The van der Waals surface area contributed by atoms with Gasteiger partial charge in [0.1, 0.15) is 4.83 Å². The number of hydrogen-bond donors (Lipinski definition) is 2. The lowest BCUT2D eigenvalue weighted by Gasteiger charge is -2.31. The van der Waals surface area contributed by atoms with Crippen molar-refractivity contribution in [3.05, 3.63) is 59.7 Å². The van der Waals surface area contributed by atoms with E-state index in [1.807, 2.05) is 49.1 Å². The average molecular weight is 557 g/mol. The second-order valence-electron chi connectivity index (χ2n) is 10.9. The molecule has 2 amide bonds. The van der Waals surface area contributed by atoms with Crippen LogP contribution >= 0.6 is 11.3 Å². The zero-order chi connectivity index (χ0) is 28.2. The van der Waals surface area contributed by atoms with E-state index in [0.717, 1.165) is 51.4 Å². The van der Waals surface area contributed by atoms with E-state index in [0.29, 0.717) is 22.5 Å². The molecule has 0 aliphatic carbocycles. The predicted octanol–water partition coefficient (Wildman–Crippen LogP) is 4.02. The summed E-state index contributed by atoms with van der Waals surface area (Å²) in [6, 6.07) is 7.89. The monoisotopic (exact) mass is 556 g/mol. The number of fused-ring (bicyclic) bond motifs is 2. The zero-order valence-corrected chi connectivity index (χ0v) is 23.9. The SMILES string of the molecule is Cc1ncc(C(=O)NCCN2CCCC2(C)C)cc1-c1c(-c2cccc3c2cnn3C)sc2c(C(N)=O)cnn12. The van der Waals surface area contributed by atoms with Gasteiger partial charge in [-0.05, 0) is 52.3 Å². The smallest absolute Gasteiger partial charge is 0.253 e. The number of nitrogens with zero attached hydrogens (tertiary/aromatic N) is 6. The highest BCUT2D eigenvalue weighted by molar-refractivity contribution is 7.21. The lowest BCUT2D eigenvalue weighted by atomic mass is 10.0. The summed E-state index contributed by atoms with van der Waals surface area (Å²) in [4.78, 5) is 34.0. The van der Waals surface area contributed by atoms with Gasteiger partial charge < -0.3 is 11.1 Å². The third-order valence-electron chi connectivity index (χ3n) is 8.00. The minimum Gasteiger partial charge on any atom is -0.365 e. The van der Waals surface area contributed by atoms with Crippen LogP contribution in [0.3, 0.4) is 0 Å². The number of carbonyl (C=O) groups excluding carboxylic acids is 2. The second kappa shape index (κ2) is 9.83. The number of rotatable bonds is 7. The zero-order valence-electron chi connectivity index (χ0n) is 23.1. The van der Waals surface area contributed by atoms with Gasteiger partial charge in [-0.3, -0.25) is 24.2 Å². The Morgan fingerprint density at radius 2 is 1.98 bits per heavy atom. The van der Waals surface area contributed by atoms with E-state index >= 15 is 0 Å². The van der Waals surface area contributed by atoms with Crippen LogP contribution in [0.2, 0.25) is 0 Å². The molecule has 0 atom stereocenters. The molecule has 40 heavy (non-hydrogen) atoms. The van der Waals surface area contributed by atoms with E-state index in [1.165, 1.54) is 30.4 Å². The summed E-state index contributed by atoms with van der Waals surface area (Å²) < 4.78 is 3.56. The Morgan fingerprint density at radius 3 is 2.73 bits per heavy atom. The molecule has 5 heterocycles. The molecule has 5 aromatic rings. The van der Waals surface area contributed by atoms with Crippen molar-refractivity contribution in [1.82, 2.24) is 34.6 Å². The van der Waals surface area contributed by atoms with E-state index in [9.17, 15) is 9.59 Å². The molecule has 1 aliphatic heterocycles. The first kappa shape index (κ1) is 26.1. The van der Waals surface area contributed by atoms with E-state index in [4.69, 9.17) is 5.73 Å². The quantitative estimate of drug-likeness (QED) is 0.312. The minimum absolute atomic E-state index is 0.161. The molecular formula is C29H32N8O2S. The van der Waals surface area contributed by atoms with E-state index < -0.39 is 5.91 Å². The Bertz CT molecular complexity index is 1780. The highest BCUT2D eigenvalue weighted by Crippen LogP contribution is 2.43. The van der Waals surface area contributed by atoms with E-state index in [2.05, 4.69) is 39.2 Å². The molecule has 206 valence electrons. The van der Waals surface area contributed by atoms with E-state index in [-0.39, 0.29) is 11.4 Å². The number of primary amides is 1. The number of amides is 2. The summed E-state index contributed by atoms with van der Waals surface area (Å²) in [5.41, 5.74) is 10.8. The van der Waals surface area contributed by atoms with E-state index in [1.54, 1.807) is 10.7 Å².